The van der Waals surface area contributed by atoms with Crippen LogP contribution in [0.4, 0.5) is 17.2 Å². The molecule has 0 aliphatic rings. The zero-order valence-corrected chi connectivity index (χ0v) is 14.1. The van der Waals surface area contributed by atoms with Crippen molar-refractivity contribution in [2.24, 2.45) is 0 Å². The molecule has 3 rings (SSSR count). The van der Waals surface area contributed by atoms with E-state index in [1.165, 1.54) is 0 Å². The second-order valence-electron chi connectivity index (χ2n) is 5.48. The fourth-order valence-corrected chi connectivity index (χ4v) is 2.39. The first-order valence-electron chi connectivity index (χ1n) is 7.87. The van der Waals surface area contributed by atoms with Gasteiger partial charge in [0.1, 0.15) is 11.6 Å². The second-order valence-corrected chi connectivity index (χ2v) is 5.48. The summed E-state index contributed by atoms with van der Waals surface area (Å²) in [5.41, 5.74) is 2.25. The van der Waals surface area contributed by atoms with E-state index in [-0.39, 0.29) is 5.91 Å². The van der Waals surface area contributed by atoms with E-state index >= 15 is 0 Å². The van der Waals surface area contributed by atoms with E-state index in [0.717, 1.165) is 11.5 Å². The molecule has 126 valence electrons. The number of carbonyl (C=O) groups is 1. The quantitative estimate of drug-likeness (QED) is 0.763. The molecule has 1 amide bonds. The molecule has 25 heavy (non-hydrogen) atoms. The summed E-state index contributed by atoms with van der Waals surface area (Å²) in [5.74, 6) is 1.33. The Morgan fingerprint density at radius 1 is 1.00 bits per heavy atom. The SMILES string of the molecule is COc1ccc(C(=O)Nc2ccc(N(C)c3ccccc3)nc2)cc1. The van der Waals surface area contributed by atoms with Gasteiger partial charge in [0.2, 0.25) is 0 Å². The number of nitrogens with zero attached hydrogens (tertiary/aromatic N) is 2. The molecule has 0 radical (unpaired) electrons. The van der Waals surface area contributed by atoms with Gasteiger partial charge in [-0.3, -0.25) is 4.79 Å². The summed E-state index contributed by atoms with van der Waals surface area (Å²) in [6.45, 7) is 0. The first-order chi connectivity index (χ1) is 12.2. The highest BCUT2D eigenvalue weighted by molar-refractivity contribution is 6.04. The number of aromatic nitrogens is 1. The number of methoxy groups -OCH3 is 1. The maximum Gasteiger partial charge on any atom is 0.255 e. The van der Waals surface area contributed by atoms with E-state index < -0.39 is 0 Å². The summed E-state index contributed by atoms with van der Waals surface area (Å²) in [5, 5.41) is 2.84. The standard InChI is InChI=1S/C20H19N3O2/c1-23(17-6-4-3-5-7-17)19-13-10-16(14-21-19)22-20(24)15-8-11-18(25-2)12-9-15/h3-14H,1-2H3,(H,22,24). The van der Waals surface area contributed by atoms with Crippen molar-refractivity contribution in [1.29, 1.82) is 0 Å². The molecule has 1 aromatic heterocycles. The van der Waals surface area contributed by atoms with Gasteiger partial charge in [0.25, 0.3) is 5.91 Å². The molecule has 5 heteroatoms. The van der Waals surface area contributed by atoms with E-state index in [1.54, 1.807) is 37.6 Å². The van der Waals surface area contributed by atoms with Gasteiger partial charge in [-0.05, 0) is 48.5 Å². The topological polar surface area (TPSA) is 54.5 Å². The number of rotatable bonds is 5. The van der Waals surface area contributed by atoms with E-state index in [1.807, 2.05) is 54.4 Å². The second kappa shape index (κ2) is 7.49. The summed E-state index contributed by atoms with van der Waals surface area (Å²) in [7, 11) is 3.54. The van der Waals surface area contributed by atoms with Crippen molar-refractivity contribution in [1.82, 2.24) is 4.98 Å². The molecule has 0 unspecified atom stereocenters. The van der Waals surface area contributed by atoms with Crippen LogP contribution in [0.2, 0.25) is 0 Å². The molecule has 3 aromatic rings. The average molecular weight is 333 g/mol. The van der Waals surface area contributed by atoms with Gasteiger partial charge >= 0.3 is 0 Å². The third-order valence-corrected chi connectivity index (χ3v) is 3.85. The minimum absolute atomic E-state index is 0.186. The predicted molar refractivity (Wildman–Crippen MR) is 99.7 cm³/mol. The van der Waals surface area contributed by atoms with Gasteiger partial charge in [0.15, 0.2) is 0 Å². The molecule has 5 nitrogen and oxygen atoms in total. The average Bonchev–Trinajstić information content (AvgIpc) is 2.68. The zero-order valence-electron chi connectivity index (χ0n) is 14.1. The number of ether oxygens (including phenoxy) is 1. The Hall–Kier alpha value is -3.34. The predicted octanol–water partition coefficient (Wildman–Crippen LogP) is 4.11. The van der Waals surface area contributed by atoms with Crippen LogP contribution < -0.4 is 15.0 Å². The van der Waals surface area contributed by atoms with Crippen molar-refractivity contribution >= 4 is 23.1 Å². The normalized spacial score (nSPS) is 10.2. The monoisotopic (exact) mass is 333 g/mol. The molecule has 0 atom stereocenters. The number of hydrogen-bond acceptors (Lipinski definition) is 4. The first-order valence-corrected chi connectivity index (χ1v) is 7.87. The van der Waals surface area contributed by atoms with Gasteiger partial charge in [-0.2, -0.15) is 0 Å². The maximum absolute atomic E-state index is 12.3. The van der Waals surface area contributed by atoms with Crippen LogP contribution in [-0.4, -0.2) is 25.0 Å². The van der Waals surface area contributed by atoms with Gasteiger partial charge in [-0.1, -0.05) is 18.2 Å². The Kier molecular flexibility index (Phi) is 4.95. The molecular formula is C20H19N3O2. The Bertz CT molecular complexity index is 831. The smallest absolute Gasteiger partial charge is 0.255 e. The molecular weight excluding hydrogens is 314 g/mol. The van der Waals surface area contributed by atoms with Crippen LogP contribution in [-0.2, 0) is 0 Å². The highest BCUT2D eigenvalue weighted by Gasteiger charge is 2.08. The van der Waals surface area contributed by atoms with Crippen LogP contribution in [0.1, 0.15) is 10.4 Å². The summed E-state index contributed by atoms with van der Waals surface area (Å²) >= 11 is 0. The lowest BCUT2D eigenvalue weighted by Crippen LogP contribution is -2.13. The third kappa shape index (κ3) is 3.95. The minimum Gasteiger partial charge on any atom is -0.497 e. The van der Waals surface area contributed by atoms with Crippen molar-refractivity contribution < 1.29 is 9.53 Å². The van der Waals surface area contributed by atoms with Gasteiger partial charge in [-0.15, -0.1) is 0 Å². The van der Waals surface area contributed by atoms with Gasteiger partial charge in [0.05, 0.1) is 19.0 Å². The lowest BCUT2D eigenvalue weighted by molar-refractivity contribution is 0.102. The fraction of sp³-hybridized carbons (Fsp3) is 0.100. The number of carbonyl (C=O) groups excluding carboxylic acids is 1. The number of anilines is 3. The molecule has 0 saturated carbocycles. The van der Waals surface area contributed by atoms with Crippen LogP contribution >= 0.6 is 0 Å². The minimum atomic E-state index is -0.186. The number of pyridine rings is 1. The van der Waals surface area contributed by atoms with E-state index in [9.17, 15) is 4.79 Å². The van der Waals surface area contributed by atoms with Gasteiger partial charge < -0.3 is 15.0 Å². The Balaban J connectivity index is 1.68. The van der Waals surface area contributed by atoms with Crippen LogP contribution in [0.3, 0.4) is 0 Å². The largest absolute Gasteiger partial charge is 0.497 e. The highest BCUT2D eigenvalue weighted by atomic mass is 16.5. The number of hydrogen-bond donors (Lipinski definition) is 1. The Labute approximate surface area is 146 Å². The van der Waals surface area contributed by atoms with E-state index in [0.29, 0.717) is 17.0 Å². The summed E-state index contributed by atoms with van der Waals surface area (Å²) in [6.07, 6.45) is 1.65. The molecule has 0 spiro atoms. The van der Waals surface area contributed by atoms with Crippen molar-refractivity contribution in [2.45, 2.75) is 0 Å². The number of nitrogens with one attached hydrogen (secondary N) is 1. The zero-order chi connectivity index (χ0) is 17.6. The molecule has 0 aliphatic heterocycles. The first kappa shape index (κ1) is 16.5. The van der Waals surface area contributed by atoms with Crippen molar-refractivity contribution in [3.8, 4) is 5.75 Å². The van der Waals surface area contributed by atoms with E-state index in [4.69, 9.17) is 4.74 Å². The fourth-order valence-electron chi connectivity index (χ4n) is 2.39. The lowest BCUT2D eigenvalue weighted by atomic mass is 10.2. The highest BCUT2D eigenvalue weighted by Crippen LogP contribution is 2.22. The van der Waals surface area contributed by atoms with Crippen LogP contribution in [0.15, 0.2) is 72.9 Å². The summed E-state index contributed by atoms with van der Waals surface area (Å²) in [4.78, 5) is 18.7. The Morgan fingerprint density at radius 3 is 2.32 bits per heavy atom. The van der Waals surface area contributed by atoms with Crippen molar-refractivity contribution in [3.63, 3.8) is 0 Å². The molecule has 1 N–H and O–H groups in total. The number of para-hydroxylation sites is 1. The van der Waals surface area contributed by atoms with Gasteiger partial charge in [0, 0.05) is 18.3 Å². The van der Waals surface area contributed by atoms with Crippen molar-refractivity contribution in [2.75, 3.05) is 24.4 Å². The molecule has 0 aliphatic carbocycles. The number of benzene rings is 2. The van der Waals surface area contributed by atoms with E-state index in [2.05, 4.69) is 10.3 Å². The van der Waals surface area contributed by atoms with Crippen LogP contribution in [0.5, 0.6) is 5.75 Å². The molecule has 1 heterocycles. The number of amides is 1. The summed E-state index contributed by atoms with van der Waals surface area (Å²) in [6, 6.07) is 20.6. The molecule has 0 bridgehead atoms. The summed E-state index contributed by atoms with van der Waals surface area (Å²) < 4.78 is 5.09. The molecule has 0 fully saturated rings. The van der Waals surface area contributed by atoms with Crippen LogP contribution in [0.25, 0.3) is 0 Å². The molecule has 0 saturated heterocycles. The third-order valence-electron chi connectivity index (χ3n) is 3.85. The maximum atomic E-state index is 12.3. The lowest BCUT2D eigenvalue weighted by Gasteiger charge is -2.18. The Morgan fingerprint density at radius 2 is 1.72 bits per heavy atom. The van der Waals surface area contributed by atoms with Gasteiger partial charge in [-0.25, -0.2) is 4.98 Å². The molecule has 2 aromatic carbocycles. The van der Waals surface area contributed by atoms with Crippen LogP contribution in [0, 0.1) is 0 Å². The van der Waals surface area contributed by atoms with Crippen molar-refractivity contribution in [3.05, 3.63) is 78.5 Å².